The molecule has 180 valence electrons. The maximum Gasteiger partial charge on any atom is 0.244 e. The number of aryl methyl sites for hydroxylation is 2. The SMILES string of the molecule is CCNC(=O)[C@H](CC)N(CCc1ccccc1)C(=O)CN(c1c(C)cccc1C)S(C)(=O)=O. The van der Waals surface area contributed by atoms with Crippen LogP contribution in [0.4, 0.5) is 5.69 Å². The van der Waals surface area contributed by atoms with Gasteiger partial charge >= 0.3 is 0 Å². The van der Waals surface area contributed by atoms with E-state index in [1.54, 1.807) is 0 Å². The lowest BCUT2D eigenvalue weighted by Crippen LogP contribution is -2.53. The predicted octanol–water partition coefficient (Wildman–Crippen LogP) is 3.06. The van der Waals surface area contributed by atoms with Crippen LogP contribution in [-0.4, -0.2) is 57.1 Å². The highest BCUT2D eigenvalue weighted by Gasteiger charge is 2.32. The lowest BCUT2D eigenvalue weighted by atomic mass is 10.1. The summed E-state index contributed by atoms with van der Waals surface area (Å²) >= 11 is 0. The Bertz CT molecular complexity index is 1030. The van der Waals surface area contributed by atoms with Crippen molar-refractivity contribution >= 4 is 27.5 Å². The number of likely N-dealkylation sites (N-methyl/N-ethyl adjacent to an activating group) is 1. The van der Waals surface area contributed by atoms with E-state index in [1.165, 1.54) is 4.90 Å². The van der Waals surface area contributed by atoms with Crippen molar-refractivity contribution in [3.8, 4) is 0 Å². The molecule has 1 N–H and O–H groups in total. The summed E-state index contributed by atoms with van der Waals surface area (Å²) in [5.74, 6) is -0.642. The topological polar surface area (TPSA) is 86.8 Å². The van der Waals surface area contributed by atoms with Crippen LogP contribution in [0.2, 0.25) is 0 Å². The largest absolute Gasteiger partial charge is 0.355 e. The summed E-state index contributed by atoms with van der Waals surface area (Å²) in [5, 5.41) is 2.80. The molecule has 1 atom stereocenters. The number of nitrogens with zero attached hydrogens (tertiary/aromatic N) is 2. The number of para-hydroxylation sites is 1. The van der Waals surface area contributed by atoms with Crippen LogP contribution < -0.4 is 9.62 Å². The zero-order valence-electron chi connectivity index (χ0n) is 20.2. The van der Waals surface area contributed by atoms with Crippen LogP contribution >= 0.6 is 0 Å². The molecule has 2 aromatic carbocycles. The molecule has 0 radical (unpaired) electrons. The molecule has 0 saturated carbocycles. The second kappa shape index (κ2) is 11.8. The number of amides is 2. The van der Waals surface area contributed by atoms with E-state index in [-0.39, 0.29) is 12.5 Å². The van der Waals surface area contributed by atoms with E-state index in [4.69, 9.17) is 0 Å². The van der Waals surface area contributed by atoms with Crippen LogP contribution in [0.1, 0.15) is 37.0 Å². The standard InChI is InChI=1S/C25H35N3O4S/c1-6-22(25(30)26-7-2)27(17-16-21-14-9-8-10-15-21)23(29)18-28(33(5,31)32)24-19(3)12-11-13-20(24)4/h8-15,22H,6-7,16-18H2,1-5H3,(H,26,30)/t22-/m0/s1. The Labute approximate surface area is 197 Å². The normalized spacial score (nSPS) is 12.2. The highest BCUT2D eigenvalue weighted by atomic mass is 32.2. The molecule has 0 aliphatic rings. The summed E-state index contributed by atoms with van der Waals surface area (Å²) < 4.78 is 26.6. The number of benzene rings is 2. The molecule has 0 aliphatic heterocycles. The summed E-state index contributed by atoms with van der Waals surface area (Å²) in [6, 6.07) is 14.5. The van der Waals surface area contributed by atoms with Gasteiger partial charge in [-0.1, -0.05) is 55.5 Å². The van der Waals surface area contributed by atoms with Crippen molar-refractivity contribution in [2.75, 3.05) is 30.2 Å². The van der Waals surface area contributed by atoms with Crippen molar-refractivity contribution in [1.82, 2.24) is 10.2 Å². The molecular weight excluding hydrogens is 438 g/mol. The Balaban J connectivity index is 2.40. The molecule has 0 unspecified atom stereocenters. The minimum atomic E-state index is -3.74. The third kappa shape index (κ3) is 7.05. The van der Waals surface area contributed by atoms with Gasteiger partial charge in [-0.15, -0.1) is 0 Å². The third-order valence-electron chi connectivity index (χ3n) is 5.59. The van der Waals surface area contributed by atoms with Crippen molar-refractivity contribution in [1.29, 1.82) is 0 Å². The summed E-state index contributed by atoms with van der Waals surface area (Å²) in [7, 11) is -3.74. The quantitative estimate of drug-likeness (QED) is 0.543. The first-order chi connectivity index (χ1) is 15.6. The molecule has 0 aromatic heterocycles. The average molecular weight is 474 g/mol. The zero-order valence-corrected chi connectivity index (χ0v) is 21.0. The third-order valence-corrected chi connectivity index (χ3v) is 6.70. The molecular formula is C25H35N3O4S. The van der Waals surface area contributed by atoms with Crippen LogP contribution in [0, 0.1) is 13.8 Å². The van der Waals surface area contributed by atoms with Gasteiger partial charge in [0, 0.05) is 13.1 Å². The minimum Gasteiger partial charge on any atom is -0.355 e. The molecule has 0 bridgehead atoms. The van der Waals surface area contributed by atoms with Gasteiger partial charge in [-0.05, 0) is 50.3 Å². The number of rotatable bonds is 11. The monoisotopic (exact) mass is 473 g/mol. The summed E-state index contributed by atoms with van der Waals surface area (Å²) in [4.78, 5) is 27.8. The molecule has 33 heavy (non-hydrogen) atoms. The van der Waals surface area contributed by atoms with Crippen LogP contribution in [0.25, 0.3) is 0 Å². The fourth-order valence-electron chi connectivity index (χ4n) is 3.96. The Morgan fingerprint density at radius 1 is 0.970 bits per heavy atom. The lowest BCUT2D eigenvalue weighted by molar-refractivity contribution is -0.139. The van der Waals surface area contributed by atoms with Gasteiger partial charge in [0.25, 0.3) is 0 Å². The van der Waals surface area contributed by atoms with E-state index in [0.717, 1.165) is 27.3 Å². The van der Waals surface area contributed by atoms with Crippen LogP contribution in [-0.2, 0) is 26.0 Å². The lowest BCUT2D eigenvalue weighted by Gasteiger charge is -2.33. The van der Waals surface area contributed by atoms with E-state index in [1.807, 2.05) is 76.2 Å². The fourth-order valence-corrected chi connectivity index (χ4v) is 4.93. The summed E-state index contributed by atoms with van der Waals surface area (Å²) in [6.45, 7) is 7.71. The molecule has 0 aliphatic carbocycles. The van der Waals surface area contributed by atoms with Crippen molar-refractivity contribution < 1.29 is 18.0 Å². The van der Waals surface area contributed by atoms with Gasteiger partial charge in [0.1, 0.15) is 12.6 Å². The Morgan fingerprint density at radius 2 is 1.58 bits per heavy atom. The number of nitrogens with one attached hydrogen (secondary N) is 1. The smallest absolute Gasteiger partial charge is 0.244 e. The highest BCUT2D eigenvalue weighted by molar-refractivity contribution is 7.92. The second-order valence-corrected chi connectivity index (χ2v) is 10.1. The van der Waals surface area contributed by atoms with Gasteiger partial charge in [-0.2, -0.15) is 0 Å². The maximum atomic E-state index is 13.6. The number of hydrogen-bond acceptors (Lipinski definition) is 4. The number of sulfonamides is 1. The molecule has 7 nitrogen and oxygen atoms in total. The van der Waals surface area contributed by atoms with Crippen molar-refractivity contribution in [3.63, 3.8) is 0 Å². The number of carbonyl (C=O) groups is 2. The predicted molar refractivity (Wildman–Crippen MR) is 133 cm³/mol. The average Bonchev–Trinajstić information content (AvgIpc) is 2.75. The van der Waals surface area contributed by atoms with E-state index in [2.05, 4.69) is 5.32 Å². The summed E-state index contributed by atoms with van der Waals surface area (Å²) in [5.41, 5.74) is 3.07. The first-order valence-electron chi connectivity index (χ1n) is 11.2. The molecule has 2 aromatic rings. The first-order valence-corrected chi connectivity index (χ1v) is 13.1. The van der Waals surface area contributed by atoms with Crippen molar-refractivity contribution in [3.05, 3.63) is 65.2 Å². The molecule has 2 rings (SSSR count). The second-order valence-electron chi connectivity index (χ2n) is 8.15. The summed E-state index contributed by atoms with van der Waals surface area (Å²) in [6.07, 6.45) is 2.08. The number of hydrogen-bond donors (Lipinski definition) is 1. The maximum absolute atomic E-state index is 13.6. The Morgan fingerprint density at radius 3 is 2.09 bits per heavy atom. The van der Waals surface area contributed by atoms with Gasteiger partial charge in [0.15, 0.2) is 0 Å². The number of carbonyl (C=O) groups excluding carboxylic acids is 2. The molecule has 0 spiro atoms. The molecule has 0 fully saturated rings. The van der Waals surface area contributed by atoms with Crippen molar-refractivity contribution in [2.24, 2.45) is 0 Å². The van der Waals surface area contributed by atoms with Gasteiger partial charge < -0.3 is 10.2 Å². The molecule has 0 heterocycles. The Kier molecular flexibility index (Phi) is 9.46. The highest BCUT2D eigenvalue weighted by Crippen LogP contribution is 2.27. The van der Waals surface area contributed by atoms with E-state index in [0.29, 0.717) is 31.6 Å². The molecule has 2 amide bonds. The minimum absolute atomic E-state index is 0.237. The van der Waals surface area contributed by atoms with Gasteiger partial charge in [-0.3, -0.25) is 13.9 Å². The van der Waals surface area contributed by atoms with Gasteiger partial charge in [0.2, 0.25) is 21.8 Å². The van der Waals surface area contributed by atoms with Crippen LogP contribution in [0.5, 0.6) is 0 Å². The van der Waals surface area contributed by atoms with Crippen LogP contribution in [0.3, 0.4) is 0 Å². The fraction of sp³-hybridized carbons (Fsp3) is 0.440. The van der Waals surface area contributed by atoms with E-state index < -0.39 is 22.0 Å². The zero-order chi connectivity index (χ0) is 24.6. The molecule has 8 heteroatoms. The van der Waals surface area contributed by atoms with E-state index in [9.17, 15) is 18.0 Å². The van der Waals surface area contributed by atoms with Crippen molar-refractivity contribution in [2.45, 2.75) is 46.6 Å². The first kappa shape index (κ1) is 26.4. The Hall–Kier alpha value is -2.87. The van der Waals surface area contributed by atoms with Gasteiger partial charge in [0.05, 0.1) is 11.9 Å². The molecule has 0 saturated heterocycles. The van der Waals surface area contributed by atoms with Gasteiger partial charge in [-0.25, -0.2) is 8.42 Å². The van der Waals surface area contributed by atoms with Crippen LogP contribution in [0.15, 0.2) is 48.5 Å². The van der Waals surface area contributed by atoms with E-state index >= 15 is 0 Å². The number of anilines is 1.